The van der Waals surface area contributed by atoms with Crippen LogP contribution in [0.1, 0.15) is 66.4 Å². The molecule has 2 atom stereocenters. The summed E-state index contributed by atoms with van der Waals surface area (Å²) in [6.45, 7) is 12.5. The Morgan fingerprint density at radius 3 is 2.45 bits per heavy atom. The summed E-state index contributed by atoms with van der Waals surface area (Å²) in [7, 11) is 0. The minimum absolute atomic E-state index is 0.295. The Hall–Kier alpha value is -2.44. The summed E-state index contributed by atoms with van der Waals surface area (Å²) in [5.41, 5.74) is 2.13. The average Bonchev–Trinajstić information content (AvgIpc) is 3.23. The third kappa shape index (κ3) is 6.52. The lowest BCUT2D eigenvalue weighted by Crippen LogP contribution is -2.38. The van der Waals surface area contributed by atoms with Gasteiger partial charge in [0.2, 0.25) is 0 Å². The van der Waals surface area contributed by atoms with Crippen LogP contribution in [0.3, 0.4) is 0 Å². The van der Waals surface area contributed by atoms with Crippen molar-refractivity contribution in [3.8, 4) is 0 Å². The van der Waals surface area contributed by atoms with Gasteiger partial charge in [0.1, 0.15) is 11.2 Å². The zero-order valence-electron chi connectivity index (χ0n) is 19.7. The van der Waals surface area contributed by atoms with Crippen molar-refractivity contribution in [1.29, 1.82) is 0 Å². The van der Waals surface area contributed by atoms with Gasteiger partial charge in [-0.3, -0.25) is 4.90 Å². The van der Waals surface area contributed by atoms with E-state index in [1.54, 1.807) is 4.90 Å². The number of alkyl carbamates (subject to hydrolysis) is 1. The molecule has 1 aromatic rings. The Labute approximate surface area is 185 Å². The van der Waals surface area contributed by atoms with Gasteiger partial charge in [-0.15, -0.1) is 0 Å². The third-order valence-electron chi connectivity index (χ3n) is 5.51. The van der Waals surface area contributed by atoms with Crippen LogP contribution in [0.2, 0.25) is 0 Å². The highest BCUT2D eigenvalue weighted by Gasteiger charge is 2.31. The molecule has 1 heterocycles. The van der Waals surface area contributed by atoms with Gasteiger partial charge in [-0.25, -0.2) is 9.59 Å². The van der Waals surface area contributed by atoms with Crippen molar-refractivity contribution in [3.63, 3.8) is 0 Å². The van der Waals surface area contributed by atoms with Gasteiger partial charge in [-0.2, -0.15) is 0 Å². The maximum atomic E-state index is 12.5. The number of ether oxygens (including phenoxy) is 2. The highest BCUT2D eigenvalue weighted by molar-refractivity contribution is 5.91. The molecule has 1 aromatic carbocycles. The number of carbonyl (C=O) groups excluding carboxylic acids is 2. The van der Waals surface area contributed by atoms with E-state index in [2.05, 4.69) is 16.7 Å². The number of fused-ring (bicyclic) bond motifs is 1. The SMILES string of the molecule is CC(C)(C)OC(=O)NCC1CCCC1Nc1ccc2c(c1)CCN2C(=O)OC(C)(C)C. The average molecular weight is 432 g/mol. The largest absolute Gasteiger partial charge is 0.444 e. The lowest BCUT2D eigenvalue weighted by Gasteiger charge is -2.25. The molecule has 1 aliphatic carbocycles. The number of rotatable bonds is 4. The summed E-state index contributed by atoms with van der Waals surface area (Å²) in [6.07, 6.45) is 3.44. The standard InChI is InChI=1S/C24H37N3O4/c1-23(2,3)30-21(28)25-15-17-8-7-9-19(17)26-18-10-11-20-16(14-18)12-13-27(20)22(29)31-24(4,5)6/h10-11,14,17,19,26H,7-9,12-13,15H2,1-6H3,(H,25,28). The van der Waals surface area contributed by atoms with Gasteiger partial charge < -0.3 is 20.1 Å². The van der Waals surface area contributed by atoms with E-state index in [9.17, 15) is 9.59 Å². The first-order valence-electron chi connectivity index (χ1n) is 11.3. The van der Waals surface area contributed by atoms with Crippen LogP contribution in [0.5, 0.6) is 0 Å². The molecule has 2 amide bonds. The lowest BCUT2D eigenvalue weighted by molar-refractivity contribution is 0.0517. The van der Waals surface area contributed by atoms with Gasteiger partial charge in [0, 0.05) is 24.8 Å². The van der Waals surface area contributed by atoms with Gasteiger partial charge in [-0.05, 0) is 90.5 Å². The van der Waals surface area contributed by atoms with Gasteiger partial charge in [-0.1, -0.05) is 6.42 Å². The molecule has 1 saturated carbocycles. The van der Waals surface area contributed by atoms with E-state index in [-0.39, 0.29) is 12.2 Å². The molecule has 7 nitrogen and oxygen atoms in total. The van der Waals surface area contributed by atoms with Gasteiger partial charge in [0.15, 0.2) is 0 Å². The molecule has 0 spiro atoms. The van der Waals surface area contributed by atoms with Crippen LogP contribution in [-0.2, 0) is 15.9 Å². The fourth-order valence-corrected chi connectivity index (χ4v) is 4.21. The molecule has 1 fully saturated rings. The summed E-state index contributed by atoms with van der Waals surface area (Å²) in [4.78, 5) is 26.2. The maximum Gasteiger partial charge on any atom is 0.414 e. The predicted octanol–water partition coefficient (Wildman–Crippen LogP) is 5.09. The summed E-state index contributed by atoms with van der Waals surface area (Å²) in [6, 6.07) is 6.46. The first-order valence-corrected chi connectivity index (χ1v) is 11.3. The van der Waals surface area contributed by atoms with E-state index in [0.717, 1.165) is 42.6 Å². The van der Waals surface area contributed by atoms with Crippen molar-refractivity contribution < 1.29 is 19.1 Å². The van der Waals surface area contributed by atoms with Gasteiger partial charge in [0.25, 0.3) is 0 Å². The molecule has 0 bridgehead atoms. The summed E-state index contributed by atoms with van der Waals surface area (Å²) in [5, 5.41) is 6.56. The quantitative estimate of drug-likeness (QED) is 0.694. The van der Waals surface area contributed by atoms with Crippen molar-refractivity contribution in [1.82, 2.24) is 5.32 Å². The minimum Gasteiger partial charge on any atom is -0.444 e. The van der Waals surface area contributed by atoms with E-state index in [4.69, 9.17) is 9.47 Å². The molecule has 1 aliphatic heterocycles. The molecular formula is C24H37N3O4. The van der Waals surface area contributed by atoms with Gasteiger partial charge in [0.05, 0.1) is 5.69 Å². The molecule has 2 aliphatic rings. The van der Waals surface area contributed by atoms with Crippen LogP contribution in [0, 0.1) is 5.92 Å². The van der Waals surface area contributed by atoms with E-state index >= 15 is 0 Å². The Morgan fingerprint density at radius 1 is 1.06 bits per heavy atom. The van der Waals surface area contributed by atoms with E-state index < -0.39 is 11.2 Å². The predicted molar refractivity (Wildman–Crippen MR) is 123 cm³/mol. The first kappa shape index (κ1) is 23.2. The highest BCUT2D eigenvalue weighted by atomic mass is 16.6. The molecule has 0 radical (unpaired) electrons. The second-order valence-corrected chi connectivity index (χ2v) is 10.6. The molecule has 2 N–H and O–H groups in total. The molecule has 0 saturated heterocycles. The fraction of sp³-hybridized carbons (Fsp3) is 0.667. The van der Waals surface area contributed by atoms with E-state index in [0.29, 0.717) is 25.0 Å². The number of anilines is 2. The second-order valence-electron chi connectivity index (χ2n) is 10.6. The van der Waals surface area contributed by atoms with Crippen molar-refractivity contribution in [2.45, 2.75) is 84.5 Å². The lowest BCUT2D eigenvalue weighted by atomic mass is 10.0. The van der Waals surface area contributed by atoms with Crippen LogP contribution >= 0.6 is 0 Å². The topological polar surface area (TPSA) is 79.9 Å². The molecule has 31 heavy (non-hydrogen) atoms. The zero-order chi connectivity index (χ0) is 22.8. The smallest absolute Gasteiger partial charge is 0.414 e. The van der Waals surface area contributed by atoms with Crippen molar-refractivity contribution in [3.05, 3.63) is 23.8 Å². The van der Waals surface area contributed by atoms with Crippen molar-refractivity contribution in [2.24, 2.45) is 5.92 Å². The summed E-state index contributed by atoms with van der Waals surface area (Å²) >= 11 is 0. The number of amides is 2. The second kappa shape index (κ2) is 8.97. The Balaban J connectivity index is 1.58. The zero-order valence-corrected chi connectivity index (χ0v) is 19.7. The van der Waals surface area contributed by atoms with Crippen LogP contribution in [-0.4, -0.2) is 42.5 Å². The van der Waals surface area contributed by atoms with E-state index in [1.807, 2.05) is 53.7 Å². The minimum atomic E-state index is -0.508. The molecule has 3 rings (SSSR count). The Kier molecular flexibility index (Phi) is 6.72. The maximum absolute atomic E-state index is 12.5. The highest BCUT2D eigenvalue weighted by Crippen LogP contribution is 2.34. The molecule has 7 heteroatoms. The van der Waals surface area contributed by atoms with Crippen LogP contribution in [0.4, 0.5) is 21.0 Å². The first-order chi connectivity index (χ1) is 14.4. The Morgan fingerprint density at radius 2 is 1.77 bits per heavy atom. The number of benzene rings is 1. The molecule has 0 aromatic heterocycles. The van der Waals surface area contributed by atoms with Crippen molar-refractivity contribution in [2.75, 3.05) is 23.3 Å². The summed E-state index contributed by atoms with van der Waals surface area (Å²) in [5.74, 6) is 0.360. The van der Waals surface area contributed by atoms with Crippen molar-refractivity contribution >= 4 is 23.6 Å². The molecule has 172 valence electrons. The third-order valence-corrected chi connectivity index (χ3v) is 5.51. The number of hydrogen-bond acceptors (Lipinski definition) is 5. The monoisotopic (exact) mass is 431 g/mol. The van der Waals surface area contributed by atoms with Crippen LogP contribution < -0.4 is 15.5 Å². The van der Waals surface area contributed by atoms with Crippen LogP contribution in [0.25, 0.3) is 0 Å². The van der Waals surface area contributed by atoms with Gasteiger partial charge >= 0.3 is 12.2 Å². The normalized spacial score (nSPS) is 20.9. The van der Waals surface area contributed by atoms with Crippen LogP contribution in [0.15, 0.2) is 18.2 Å². The summed E-state index contributed by atoms with van der Waals surface area (Å²) < 4.78 is 10.9. The number of carbonyl (C=O) groups is 2. The Bertz CT molecular complexity index is 810. The van der Waals surface area contributed by atoms with E-state index in [1.165, 1.54) is 0 Å². The molecule has 2 unspecified atom stereocenters. The number of nitrogens with zero attached hydrogens (tertiary/aromatic N) is 1. The molecular weight excluding hydrogens is 394 g/mol. The fourth-order valence-electron chi connectivity index (χ4n) is 4.21. The number of nitrogens with one attached hydrogen (secondary N) is 2. The number of hydrogen-bond donors (Lipinski definition) is 2.